The van der Waals surface area contributed by atoms with Crippen LogP contribution in [0.1, 0.15) is 50.3 Å². The highest BCUT2D eigenvalue weighted by molar-refractivity contribution is 6.12. The van der Waals surface area contributed by atoms with Gasteiger partial charge in [-0.3, -0.25) is 24.1 Å². The number of carboxylic acid groups (broad SMARTS) is 1. The number of hydrogen-bond donors (Lipinski definition) is 3. The Morgan fingerprint density at radius 3 is 2.26 bits per heavy atom. The predicted molar refractivity (Wildman–Crippen MR) is 236 cm³/mol. The Kier molecular flexibility index (Phi) is 17.6. The fourth-order valence-electron chi connectivity index (χ4n) is 8.07. The summed E-state index contributed by atoms with van der Waals surface area (Å²) in [6.07, 6.45) is 0.690. The first-order valence-corrected chi connectivity index (χ1v) is 22.1. The quantitative estimate of drug-likeness (QED) is 0.0641. The van der Waals surface area contributed by atoms with E-state index in [2.05, 4.69) is 15.6 Å². The number of halogens is 3. The zero-order chi connectivity index (χ0) is 49.0. The fraction of sp³-hybridized carbons (Fsp3) is 0.478. The number of nitrogens with one attached hydrogen (secondary N) is 1. The number of imide groups is 1. The lowest BCUT2D eigenvalue weighted by atomic mass is 9.78. The third-order valence-corrected chi connectivity index (χ3v) is 11.4. The van der Waals surface area contributed by atoms with Gasteiger partial charge in [-0.1, -0.05) is 49.4 Å². The minimum absolute atomic E-state index is 0.0167. The number of hydrogen-bond acceptors (Lipinski definition) is 12. The Morgan fingerprint density at radius 2 is 1.60 bits per heavy atom. The van der Waals surface area contributed by atoms with E-state index in [1.54, 1.807) is 29.3 Å². The Hall–Kier alpha value is -6.49. The van der Waals surface area contributed by atoms with Crippen molar-refractivity contribution in [2.24, 2.45) is 11.3 Å². The molecular weight excluding hydrogens is 896 g/mol. The summed E-state index contributed by atoms with van der Waals surface area (Å²) < 4.78 is 65.5. The number of amides is 5. The van der Waals surface area contributed by atoms with Crippen LogP contribution in [0.2, 0.25) is 0 Å². The first-order valence-electron chi connectivity index (χ1n) is 22.1. The van der Waals surface area contributed by atoms with E-state index in [9.17, 15) is 38.6 Å². The molecular formula is C46H56F3N9O10. The maximum atomic E-state index is 15.6. The van der Waals surface area contributed by atoms with E-state index in [0.717, 1.165) is 33.6 Å². The van der Waals surface area contributed by atoms with Crippen LogP contribution in [0.15, 0.2) is 73.1 Å². The molecule has 22 heteroatoms. The van der Waals surface area contributed by atoms with Gasteiger partial charge in [0.2, 0.25) is 5.91 Å². The molecule has 0 radical (unpaired) electrons. The summed E-state index contributed by atoms with van der Waals surface area (Å²) in [5, 5.41) is 31.2. The zero-order valence-corrected chi connectivity index (χ0v) is 38.0. The van der Waals surface area contributed by atoms with Gasteiger partial charge in [0.25, 0.3) is 17.7 Å². The first-order chi connectivity index (χ1) is 32.5. The normalized spacial score (nSPS) is 17.0. The Labute approximate surface area is 390 Å². The number of carbonyl (C=O) groups is 5. The molecule has 2 aromatic heterocycles. The summed E-state index contributed by atoms with van der Waals surface area (Å²) in [6.45, 7) is 5.73. The second kappa shape index (κ2) is 23.5. The van der Waals surface area contributed by atoms with Crippen LogP contribution in [0.3, 0.4) is 0 Å². The van der Waals surface area contributed by atoms with Crippen LogP contribution >= 0.6 is 0 Å². The maximum Gasteiger partial charge on any atom is 0.407 e. The molecule has 3 N–H and O–H groups in total. The monoisotopic (exact) mass is 951 g/mol. The van der Waals surface area contributed by atoms with E-state index in [1.807, 2.05) is 30.3 Å². The van der Waals surface area contributed by atoms with Gasteiger partial charge >= 0.3 is 6.09 Å². The maximum absolute atomic E-state index is 15.6. The van der Waals surface area contributed by atoms with Gasteiger partial charge in [0.1, 0.15) is 35.4 Å². The number of benzene rings is 2. The van der Waals surface area contributed by atoms with Crippen LogP contribution in [0.4, 0.5) is 18.0 Å². The molecule has 2 aliphatic rings. The first kappa shape index (κ1) is 50.9. The number of carbonyl (C=O) groups excluding carboxylic acids is 4. The molecule has 0 aliphatic carbocycles. The predicted octanol–water partition coefficient (Wildman–Crippen LogP) is 3.37. The molecule has 0 saturated carbocycles. The van der Waals surface area contributed by atoms with Gasteiger partial charge in [-0.05, 0) is 30.7 Å². The molecule has 68 heavy (non-hydrogen) atoms. The van der Waals surface area contributed by atoms with Crippen LogP contribution in [-0.2, 0) is 53.0 Å². The molecule has 4 aromatic rings. The standard InChI is InChI=1S/C46H56F3N9O10/c1-30(59)44(63)58(25-32-24-55(45(64)65)28-37(32)49)42(43-51-38(35-21-33(47)9-10-36(35)48)29-54(43)23-31-7-5-4-6-8-31)46(2,3)22-39(60)50-13-15-66-17-19-68-20-18-67-16-14-56-26-34(52-53-56)27-57-40(61)11-12-41(57)62/h4-12,21,26,29-30,32,37,42,59H,13-20,22-25,27-28H2,1-3H3,(H,50,60)(H,64,65)/t30-,32?,37?,42-/m0/s1. The zero-order valence-electron chi connectivity index (χ0n) is 38.0. The second-order valence-corrected chi connectivity index (χ2v) is 17.2. The van der Waals surface area contributed by atoms with Crippen LogP contribution in [0, 0.1) is 23.0 Å². The van der Waals surface area contributed by atoms with E-state index in [1.165, 1.54) is 30.2 Å². The number of alkyl halides is 1. The Bertz CT molecular complexity index is 2400. The van der Waals surface area contributed by atoms with Gasteiger partial charge in [-0.15, -0.1) is 5.10 Å². The minimum Gasteiger partial charge on any atom is -0.465 e. The summed E-state index contributed by atoms with van der Waals surface area (Å²) in [5.74, 6) is -4.46. The highest BCUT2D eigenvalue weighted by Gasteiger charge is 2.46. The molecule has 1 saturated heterocycles. The van der Waals surface area contributed by atoms with Crippen LogP contribution in [-0.4, -0.2) is 157 Å². The van der Waals surface area contributed by atoms with Crippen molar-refractivity contribution in [1.29, 1.82) is 0 Å². The van der Waals surface area contributed by atoms with Crippen LogP contribution in [0.25, 0.3) is 11.3 Å². The Morgan fingerprint density at radius 1 is 0.926 bits per heavy atom. The SMILES string of the molecule is C[C@H](O)C(=O)N(CC1CN(C(=O)O)CC1F)[C@@H](c1nc(-c2cc(F)ccc2F)cn1Cc1ccccc1)C(C)(C)CC(=O)NCCOCCOCCOCCn1cc(CN2C(=O)C=CC2=O)nn1. The van der Waals surface area contributed by atoms with Crippen molar-refractivity contribution in [3.63, 3.8) is 0 Å². The summed E-state index contributed by atoms with van der Waals surface area (Å²) in [7, 11) is 0. The van der Waals surface area contributed by atoms with Gasteiger partial charge in [-0.2, -0.15) is 0 Å². The average Bonchev–Trinajstić information content (AvgIpc) is 4.09. The van der Waals surface area contributed by atoms with Crippen LogP contribution < -0.4 is 5.32 Å². The lowest BCUT2D eigenvalue weighted by Gasteiger charge is -2.43. The number of nitrogens with zero attached hydrogens (tertiary/aromatic N) is 8. The second-order valence-electron chi connectivity index (χ2n) is 17.2. The highest BCUT2D eigenvalue weighted by atomic mass is 19.1. The van der Waals surface area contributed by atoms with Crippen molar-refractivity contribution < 1.29 is 61.6 Å². The number of aliphatic hydroxyl groups is 1. The van der Waals surface area contributed by atoms with Crippen LogP contribution in [0.5, 0.6) is 0 Å². The van der Waals surface area contributed by atoms with Crippen molar-refractivity contribution in [2.45, 2.75) is 65.1 Å². The number of imidazole rings is 1. The molecule has 2 aliphatic heterocycles. The van der Waals surface area contributed by atoms with Gasteiger partial charge in [0, 0.05) is 67.8 Å². The minimum atomic E-state index is -1.66. The summed E-state index contributed by atoms with van der Waals surface area (Å²) in [6, 6.07) is 10.8. The molecule has 2 aromatic carbocycles. The average molecular weight is 952 g/mol. The smallest absolute Gasteiger partial charge is 0.407 e. The molecule has 1 fully saturated rings. The number of ether oxygens (including phenoxy) is 3. The molecule has 4 atom stereocenters. The van der Waals surface area contributed by atoms with Crippen molar-refractivity contribution in [3.05, 3.63) is 102 Å². The third kappa shape index (κ3) is 13.6. The van der Waals surface area contributed by atoms with E-state index >= 15 is 8.78 Å². The van der Waals surface area contributed by atoms with Gasteiger partial charge in [0.05, 0.1) is 77.2 Å². The molecule has 0 bridgehead atoms. The largest absolute Gasteiger partial charge is 0.465 e. The number of likely N-dealkylation sites (tertiary alicyclic amines) is 1. The number of rotatable bonds is 25. The molecule has 19 nitrogen and oxygen atoms in total. The summed E-state index contributed by atoms with van der Waals surface area (Å²) >= 11 is 0. The Balaban J connectivity index is 1.07. The van der Waals surface area contributed by atoms with Crippen molar-refractivity contribution in [2.75, 3.05) is 65.8 Å². The van der Waals surface area contributed by atoms with E-state index in [0.29, 0.717) is 25.5 Å². The lowest BCUT2D eigenvalue weighted by Crippen LogP contribution is -2.50. The van der Waals surface area contributed by atoms with E-state index in [-0.39, 0.29) is 82.7 Å². The summed E-state index contributed by atoms with van der Waals surface area (Å²) in [4.78, 5) is 71.3. The number of aromatic nitrogens is 5. The third-order valence-electron chi connectivity index (χ3n) is 11.4. The fourth-order valence-corrected chi connectivity index (χ4v) is 8.07. The van der Waals surface area contributed by atoms with Gasteiger partial charge in [0.15, 0.2) is 0 Å². The molecule has 366 valence electrons. The van der Waals surface area contributed by atoms with Crippen molar-refractivity contribution in [1.82, 2.24) is 44.6 Å². The van der Waals surface area contributed by atoms with Crippen molar-refractivity contribution in [3.8, 4) is 11.3 Å². The van der Waals surface area contributed by atoms with E-state index in [4.69, 9.17) is 19.2 Å². The number of aliphatic hydroxyl groups excluding tert-OH is 1. The molecule has 5 amide bonds. The van der Waals surface area contributed by atoms with Crippen molar-refractivity contribution >= 4 is 29.7 Å². The lowest BCUT2D eigenvalue weighted by molar-refractivity contribution is -0.147. The molecule has 6 rings (SSSR count). The van der Waals surface area contributed by atoms with Gasteiger partial charge < -0.3 is 44.1 Å². The summed E-state index contributed by atoms with van der Waals surface area (Å²) in [5.41, 5.74) is -0.166. The van der Waals surface area contributed by atoms with E-state index < -0.39 is 77.6 Å². The molecule has 0 spiro atoms. The molecule has 4 heterocycles. The topological polar surface area (TPSA) is 224 Å². The van der Waals surface area contributed by atoms with Gasteiger partial charge in [-0.25, -0.2) is 27.6 Å². The molecule has 2 unspecified atom stereocenters. The highest BCUT2D eigenvalue weighted by Crippen LogP contribution is 2.43.